The molecule has 0 fully saturated rings. The van der Waals surface area contributed by atoms with Crippen molar-refractivity contribution in [2.24, 2.45) is 0 Å². The summed E-state index contributed by atoms with van der Waals surface area (Å²) in [5.74, 6) is 0.142. The first-order chi connectivity index (χ1) is 15.8. The Balaban J connectivity index is 1.46. The molecule has 0 N–H and O–H groups in total. The highest BCUT2D eigenvalue weighted by molar-refractivity contribution is 7.13. The molecule has 4 aromatic rings. The van der Waals surface area contributed by atoms with Crippen molar-refractivity contribution < 1.29 is 13.9 Å². The molecule has 2 heterocycles. The number of amides is 1. The molecular weight excluding hydrogens is 439 g/mol. The lowest BCUT2D eigenvalue weighted by atomic mass is 10.2. The summed E-state index contributed by atoms with van der Waals surface area (Å²) < 4.78 is 20.6. The summed E-state index contributed by atoms with van der Waals surface area (Å²) >= 11 is 1.32. The Morgan fingerprint density at radius 1 is 1.06 bits per heavy atom. The Hall–Kier alpha value is -3.52. The fourth-order valence-corrected chi connectivity index (χ4v) is 4.57. The van der Waals surface area contributed by atoms with Gasteiger partial charge in [0.25, 0.3) is 5.91 Å². The molecule has 1 amide bonds. The summed E-state index contributed by atoms with van der Waals surface area (Å²) in [7, 11) is 1.79. The van der Waals surface area contributed by atoms with Crippen molar-refractivity contribution in [1.29, 1.82) is 0 Å². The Bertz CT molecular complexity index is 1270. The van der Waals surface area contributed by atoms with Gasteiger partial charge < -0.3 is 9.64 Å². The number of aryl methyl sites for hydroxylation is 2. The predicted octanol–water partition coefficient (Wildman–Crippen LogP) is 5.24. The van der Waals surface area contributed by atoms with Gasteiger partial charge in [-0.05, 0) is 57.2 Å². The number of ether oxygens (including phenoxy) is 1. The van der Waals surface area contributed by atoms with Crippen LogP contribution < -0.4 is 4.74 Å². The zero-order valence-electron chi connectivity index (χ0n) is 19.0. The lowest BCUT2D eigenvalue weighted by Crippen LogP contribution is -2.26. The number of carbonyl (C=O) groups is 1. The molecule has 8 heteroatoms. The molecule has 0 unspecified atom stereocenters. The van der Waals surface area contributed by atoms with E-state index in [0.717, 1.165) is 22.6 Å². The molecule has 0 bridgehead atoms. The number of thiazole rings is 1. The average Bonchev–Trinajstić information content (AvgIpc) is 3.32. The lowest BCUT2D eigenvalue weighted by molar-refractivity contribution is 0.0788. The first-order valence-electron chi connectivity index (χ1n) is 10.5. The van der Waals surface area contributed by atoms with Crippen molar-refractivity contribution in [2.45, 2.75) is 33.9 Å². The van der Waals surface area contributed by atoms with Gasteiger partial charge in [0.2, 0.25) is 0 Å². The summed E-state index contributed by atoms with van der Waals surface area (Å²) in [4.78, 5) is 19.9. The fourth-order valence-electron chi connectivity index (χ4n) is 3.60. The largest absolute Gasteiger partial charge is 0.486 e. The van der Waals surface area contributed by atoms with Crippen molar-refractivity contribution in [1.82, 2.24) is 19.7 Å². The van der Waals surface area contributed by atoms with Gasteiger partial charge in [0.1, 0.15) is 28.1 Å². The highest BCUT2D eigenvalue weighted by Crippen LogP contribution is 2.24. The van der Waals surface area contributed by atoms with E-state index in [1.165, 1.54) is 23.5 Å². The van der Waals surface area contributed by atoms with Crippen molar-refractivity contribution in [3.8, 4) is 11.4 Å². The molecule has 0 radical (unpaired) electrons. The topological polar surface area (TPSA) is 60.2 Å². The number of benzene rings is 2. The van der Waals surface area contributed by atoms with Crippen LogP contribution in [0.25, 0.3) is 5.69 Å². The summed E-state index contributed by atoms with van der Waals surface area (Å²) in [6, 6.07) is 15.8. The third kappa shape index (κ3) is 4.96. The molecular formula is C25H25FN4O2S. The number of rotatable bonds is 7. The third-order valence-electron chi connectivity index (χ3n) is 5.39. The van der Waals surface area contributed by atoms with Crippen LogP contribution in [-0.4, -0.2) is 32.6 Å². The van der Waals surface area contributed by atoms with Crippen LogP contribution in [0, 0.1) is 26.6 Å². The third-order valence-corrected chi connectivity index (χ3v) is 6.51. The molecule has 0 aliphatic carbocycles. The highest BCUT2D eigenvalue weighted by Gasteiger charge is 2.22. The van der Waals surface area contributed by atoms with Gasteiger partial charge in [-0.3, -0.25) is 4.79 Å². The van der Waals surface area contributed by atoms with Crippen molar-refractivity contribution in [2.75, 3.05) is 7.05 Å². The van der Waals surface area contributed by atoms with Gasteiger partial charge >= 0.3 is 0 Å². The van der Waals surface area contributed by atoms with E-state index in [1.54, 1.807) is 24.1 Å². The number of carbonyl (C=O) groups excluding carboxylic acids is 1. The lowest BCUT2D eigenvalue weighted by Gasteiger charge is -2.17. The van der Waals surface area contributed by atoms with E-state index in [4.69, 9.17) is 4.74 Å². The second kappa shape index (κ2) is 9.54. The van der Waals surface area contributed by atoms with E-state index in [2.05, 4.69) is 10.1 Å². The second-order valence-corrected chi connectivity index (χ2v) is 8.91. The standard InChI is InChI=1S/C25H25FN4O2S/c1-16-22(18(3)30(28-16)20-8-6-5-7-9-20)14-29(4)25(31)24-17(2)27-23(33-24)15-32-21-12-10-19(26)11-13-21/h5-13H,14-15H2,1-4H3. The maximum absolute atomic E-state index is 13.2. The van der Waals surface area contributed by atoms with Crippen LogP contribution in [0.5, 0.6) is 5.75 Å². The number of nitrogens with zero attached hydrogens (tertiary/aromatic N) is 4. The molecule has 0 saturated carbocycles. The SMILES string of the molecule is Cc1nc(COc2ccc(F)cc2)sc1C(=O)N(C)Cc1c(C)nn(-c2ccccc2)c1C. The van der Waals surface area contributed by atoms with E-state index in [0.29, 0.717) is 27.9 Å². The Kier molecular flexibility index (Phi) is 6.55. The van der Waals surface area contributed by atoms with Gasteiger partial charge in [-0.25, -0.2) is 14.1 Å². The fraction of sp³-hybridized carbons (Fsp3) is 0.240. The highest BCUT2D eigenvalue weighted by atomic mass is 32.1. The van der Waals surface area contributed by atoms with Gasteiger partial charge in [0.05, 0.1) is 17.1 Å². The number of hydrogen-bond donors (Lipinski definition) is 0. The number of aromatic nitrogens is 3. The van der Waals surface area contributed by atoms with Crippen LogP contribution >= 0.6 is 11.3 Å². The smallest absolute Gasteiger partial charge is 0.265 e. The number of para-hydroxylation sites is 1. The van der Waals surface area contributed by atoms with Crippen molar-refractivity contribution in [3.05, 3.63) is 92.9 Å². The second-order valence-electron chi connectivity index (χ2n) is 7.82. The predicted molar refractivity (Wildman–Crippen MR) is 126 cm³/mol. The molecule has 2 aromatic heterocycles. The molecule has 0 spiro atoms. The molecule has 6 nitrogen and oxygen atoms in total. The normalized spacial score (nSPS) is 10.9. The Morgan fingerprint density at radius 3 is 2.45 bits per heavy atom. The quantitative estimate of drug-likeness (QED) is 0.375. The summed E-state index contributed by atoms with van der Waals surface area (Å²) in [6.07, 6.45) is 0. The van der Waals surface area contributed by atoms with Crippen molar-refractivity contribution >= 4 is 17.2 Å². The minimum absolute atomic E-state index is 0.0932. The van der Waals surface area contributed by atoms with Crippen LogP contribution in [0.15, 0.2) is 54.6 Å². The summed E-state index contributed by atoms with van der Waals surface area (Å²) in [5.41, 5.74) is 4.58. The monoisotopic (exact) mass is 464 g/mol. The first kappa shape index (κ1) is 22.7. The van der Waals surface area contributed by atoms with Gasteiger partial charge in [0, 0.05) is 24.8 Å². The Morgan fingerprint density at radius 2 is 1.76 bits per heavy atom. The molecule has 170 valence electrons. The van der Waals surface area contributed by atoms with Crippen LogP contribution in [0.1, 0.15) is 37.3 Å². The molecule has 0 aliphatic rings. The van der Waals surface area contributed by atoms with E-state index in [1.807, 2.05) is 55.8 Å². The molecule has 2 aromatic carbocycles. The number of halogens is 1. The van der Waals surface area contributed by atoms with E-state index < -0.39 is 0 Å². The summed E-state index contributed by atoms with van der Waals surface area (Å²) in [6.45, 7) is 6.47. The molecule has 0 saturated heterocycles. The maximum atomic E-state index is 13.2. The van der Waals surface area contributed by atoms with E-state index in [-0.39, 0.29) is 18.3 Å². The minimum atomic E-state index is -0.317. The van der Waals surface area contributed by atoms with Crippen LogP contribution in [0.2, 0.25) is 0 Å². The molecule has 4 rings (SSSR count). The average molecular weight is 465 g/mol. The van der Waals surface area contributed by atoms with Crippen LogP contribution in [0.4, 0.5) is 4.39 Å². The molecule has 33 heavy (non-hydrogen) atoms. The van der Waals surface area contributed by atoms with Gasteiger partial charge in [-0.15, -0.1) is 11.3 Å². The molecule has 0 aliphatic heterocycles. The Labute approximate surface area is 196 Å². The minimum Gasteiger partial charge on any atom is -0.486 e. The van der Waals surface area contributed by atoms with E-state index >= 15 is 0 Å². The van der Waals surface area contributed by atoms with Gasteiger partial charge in [-0.2, -0.15) is 5.10 Å². The van der Waals surface area contributed by atoms with Gasteiger partial charge in [0.15, 0.2) is 0 Å². The zero-order valence-corrected chi connectivity index (χ0v) is 19.8. The van der Waals surface area contributed by atoms with Gasteiger partial charge in [-0.1, -0.05) is 18.2 Å². The van der Waals surface area contributed by atoms with Crippen molar-refractivity contribution in [3.63, 3.8) is 0 Å². The van der Waals surface area contributed by atoms with E-state index in [9.17, 15) is 9.18 Å². The first-order valence-corrected chi connectivity index (χ1v) is 11.4. The van der Waals surface area contributed by atoms with Crippen LogP contribution in [-0.2, 0) is 13.2 Å². The number of hydrogen-bond acceptors (Lipinski definition) is 5. The zero-order chi connectivity index (χ0) is 23.5. The molecule has 0 atom stereocenters. The van der Waals surface area contributed by atoms with Crippen LogP contribution in [0.3, 0.4) is 0 Å². The summed E-state index contributed by atoms with van der Waals surface area (Å²) in [5, 5.41) is 5.37. The maximum Gasteiger partial charge on any atom is 0.265 e.